The van der Waals surface area contributed by atoms with Crippen molar-refractivity contribution in [1.29, 1.82) is 0 Å². The summed E-state index contributed by atoms with van der Waals surface area (Å²) in [4.78, 5) is 23.1. The van der Waals surface area contributed by atoms with E-state index in [4.69, 9.17) is 17.0 Å². The molecule has 0 aromatic heterocycles. The highest BCUT2D eigenvalue weighted by Gasteiger charge is 2.33. The Kier molecular flexibility index (Phi) is 4.88. The van der Waals surface area contributed by atoms with Crippen molar-refractivity contribution in [2.45, 2.75) is 39.3 Å². The second-order valence-electron chi connectivity index (χ2n) is 6.42. The van der Waals surface area contributed by atoms with Crippen LogP contribution in [0.1, 0.15) is 39.3 Å². The summed E-state index contributed by atoms with van der Waals surface area (Å²) in [5.41, 5.74) is 0.756. The van der Waals surface area contributed by atoms with E-state index in [1.165, 1.54) is 12.1 Å². The molecule has 2 rings (SSSR count). The van der Waals surface area contributed by atoms with E-state index in [0.29, 0.717) is 21.9 Å². The highest BCUT2D eigenvalue weighted by molar-refractivity contribution is 7.80. The monoisotopic (exact) mass is 349 g/mol. The zero-order chi connectivity index (χ0) is 18.1. The summed E-state index contributed by atoms with van der Waals surface area (Å²) in [6.45, 7) is 7.04. The molecule has 0 radical (unpaired) electrons. The van der Waals surface area contributed by atoms with Crippen molar-refractivity contribution in [3.63, 3.8) is 0 Å². The van der Waals surface area contributed by atoms with E-state index in [2.05, 4.69) is 10.6 Å². The minimum Gasteiger partial charge on any atom is -0.456 e. The van der Waals surface area contributed by atoms with Crippen LogP contribution in [0.15, 0.2) is 35.5 Å². The molecule has 1 heterocycles. The third kappa shape index (κ3) is 4.08. The number of nitrogens with zero attached hydrogens (tertiary/aromatic N) is 1. The van der Waals surface area contributed by atoms with Crippen LogP contribution in [0.4, 0.5) is 5.69 Å². The molecule has 0 fully saturated rings. The Morgan fingerprint density at radius 3 is 2.62 bits per heavy atom. The van der Waals surface area contributed by atoms with Crippen LogP contribution in [0.3, 0.4) is 0 Å². The summed E-state index contributed by atoms with van der Waals surface area (Å²) in [7, 11) is 0. The van der Waals surface area contributed by atoms with Gasteiger partial charge in [-0.1, -0.05) is 12.1 Å². The van der Waals surface area contributed by atoms with Crippen LogP contribution in [0.5, 0.6) is 0 Å². The van der Waals surface area contributed by atoms with Crippen molar-refractivity contribution in [3.05, 3.63) is 51.2 Å². The van der Waals surface area contributed by atoms with Gasteiger partial charge in [0.05, 0.1) is 16.5 Å². The molecule has 0 spiro atoms. The Morgan fingerprint density at radius 1 is 1.38 bits per heavy atom. The zero-order valence-electron chi connectivity index (χ0n) is 13.9. The quantitative estimate of drug-likeness (QED) is 0.375. The van der Waals surface area contributed by atoms with Crippen LogP contribution in [0.2, 0.25) is 0 Å². The molecule has 1 aliphatic heterocycles. The average molecular weight is 349 g/mol. The van der Waals surface area contributed by atoms with Crippen molar-refractivity contribution < 1.29 is 14.5 Å². The number of non-ortho nitro benzene ring substituents is 1. The Hall–Kier alpha value is -2.48. The molecule has 24 heavy (non-hydrogen) atoms. The van der Waals surface area contributed by atoms with Crippen LogP contribution in [0, 0.1) is 10.1 Å². The fraction of sp³-hybridized carbons (Fsp3) is 0.375. The summed E-state index contributed by atoms with van der Waals surface area (Å²) in [5, 5.41) is 17.2. The minimum atomic E-state index is -0.657. The van der Waals surface area contributed by atoms with Gasteiger partial charge in [-0.25, -0.2) is 4.79 Å². The van der Waals surface area contributed by atoms with Gasteiger partial charge in [0.1, 0.15) is 5.60 Å². The molecule has 1 aromatic rings. The summed E-state index contributed by atoms with van der Waals surface area (Å²) in [5.74, 6) is -0.501. The molecular formula is C16H19N3O4S. The predicted octanol–water partition coefficient (Wildman–Crippen LogP) is 2.73. The molecular weight excluding hydrogens is 330 g/mol. The molecule has 1 atom stereocenters. The number of nitrogens with one attached hydrogen (secondary N) is 2. The number of hydrogen-bond acceptors (Lipinski definition) is 5. The van der Waals surface area contributed by atoms with Gasteiger partial charge >= 0.3 is 5.97 Å². The molecule has 0 saturated carbocycles. The first-order chi connectivity index (χ1) is 11.1. The zero-order valence-corrected chi connectivity index (χ0v) is 14.7. The molecule has 1 aromatic carbocycles. The van der Waals surface area contributed by atoms with Gasteiger partial charge in [-0.15, -0.1) is 0 Å². The lowest BCUT2D eigenvalue weighted by Gasteiger charge is -2.31. The number of nitro groups is 1. The third-order valence-electron chi connectivity index (χ3n) is 3.30. The molecule has 128 valence electrons. The van der Waals surface area contributed by atoms with Gasteiger partial charge in [0, 0.05) is 17.8 Å². The van der Waals surface area contributed by atoms with Gasteiger partial charge in [0.2, 0.25) is 0 Å². The fourth-order valence-corrected chi connectivity index (χ4v) is 2.64. The number of ether oxygens (including phenoxy) is 1. The molecule has 0 amide bonds. The summed E-state index contributed by atoms with van der Waals surface area (Å²) >= 11 is 5.15. The first kappa shape index (κ1) is 17.9. The SMILES string of the molecule is CC1=C(C(=O)OC(C)(C)C)C(c2cccc([N+](=O)[O-])c2)NC(=S)N1. The largest absolute Gasteiger partial charge is 0.456 e. The molecule has 0 aliphatic carbocycles. The first-order valence-electron chi connectivity index (χ1n) is 7.34. The number of carbonyl (C=O) groups is 1. The van der Waals surface area contributed by atoms with Crippen molar-refractivity contribution in [3.8, 4) is 0 Å². The van der Waals surface area contributed by atoms with Gasteiger partial charge in [0.25, 0.3) is 5.69 Å². The second kappa shape index (κ2) is 6.56. The van der Waals surface area contributed by atoms with Gasteiger partial charge < -0.3 is 15.4 Å². The van der Waals surface area contributed by atoms with Crippen molar-refractivity contribution in [2.24, 2.45) is 0 Å². The number of allylic oxidation sites excluding steroid dienone is 1. The topological polar surface area (TPSA) is 93.5 Å². The number of benzene rings is 1. The average Bonchev–Trinajstić information content (AvgIpc) is 2.44. The van der Waals surface area contributed by atoms with Crippen molar-refractivity contribution >= 4 is 29.0 Å². The van der Waals surface area contributed by atoms with Crippen LogP contribution >= 0.6 is 12.2 Å². The number of hydrogen-bond donors (Lipinski definition) is 2. The number of carbonyl (C=O) groups excluding carboxylic acids is 1. The maximum absolute atomic E-state index is 12.6. The van der Waals surface area contributed by atoms with E-state index < -0.39 is 22.5 Å². The molecule has 8 heteroatoms. The smallest absolute Gasteiger partial charge is 0.338 e. The van der Waals surface area contributed by atoms with Gasteiger partial charge in [-0.2, -0.15) is 0 Å². The Balaban J connectivity index is 2.47. The maximum Gasteiger partial charge on any atom is 0.338 e. The standard InChI is InChI=1S/C16H19N3O4S/c1-9-12(14(20)23-16(2,3)4)13(18-15(24)17-9)10-6-5-7-11(8-10)19(21)22/h5-8,13H,1-4H3,(H2,17,18,24). The molecule has 1 aliphatic rings. The van der Waals surface area contributed by atoms with E-state index in [9.17, 15) is 14.9 Å². The van der Waals surface area contributed by atoms with E-state index in [-0.39, 0.29) is 5.69 Å². The highest BCUT2D eigenvalue weighted by atomic mass is 32.1. The lowest BCUT2D eigenvalue weighted by atomic mass is 9.95. The van der Waals surface area contributed by atoms with Crippen LogP contribution in [-0.4, -0.2) is 21.6 Å². The first-order valence-corrected chi connectivity index (χ1v) is 7.75. The van der Waals surface area contributed by atoms with Gasteiger partial charge in [0.15, 0.2) is 5.11 Å². The Bertz CT molecular complexity index is 737. The van der Waals surface area contributed by atoms with Crippen molar-refractivity contribution in [1.82, 2.24) is 10.6 Å². The van der Waals surface area contributed by atoms with E-state index >= 15 is 0 Å². The Labute approximate surface area is 145 Å². The number of thiocarbonyl (C=S) groups is 1. The predicted molar refractivity (Wildman–Crippen MR) is 93.3 cm³/mol. The summed E-state index contributed by atoms with van der Waals surface area (Å²) in [6, 6.07) is 5.47. The maximum atomic E-state index is 12.6. The van der Waals surface area contributed by atoms with Crippen LogP contribution < -0.4 is 10.6 Å². The van der Waals surface area contributed by atoms with Gasteiger partial charge in [-0.05, 0) is 45.5 Å². The lowest BCUT2D eigenvalue weighted by Crippen LogP contribution is -2.45. The fourth-order valence-electron chi connectivity index (χ4n) is 2.37. The Morgan fingerprint density at radius 2 is 2.04 bits per heavy atom. The number of nitro benzene ring substituents is 1. The van der Waals surface area contributed by atoms with Crippen molar-refractivity contribution in [2.75, 3.05) is 0 Å². The second-order valence-corrected chi connectivity index (χ2v) is 6.83. The van der Waals surface area contributed by atoms with Gasteiger partial charge in [-0.3, -0.25) is 10.1 Å². The molecule has 1 unspecified atom stereocenters. The van der Waals surface area contributed by atoms with Crippen LogP contribution in [0.25, 0.3) is 0 Å². The minimum absolute atomic E-state index is 0.0556. The highest BCUT2D eigenvalue weighted by Crippen LogP contribution is 2.30. The third-order valence-corrected chi connectivity index (χ3v) is 3.52. The number of rotatable bonds is 3. The molecule has 0 saturated heterocycles. The van der Waals surface area contributed by atoms with E-state index in [1.54, 1.807) is 39.8 Å². The van der Waals surface area contributed by atoms with E-state index in [0.717, 1.165) is 0 Å². The lowest BCUT2D eigenvalue weighted by molar-refractivity contribution is -0.384. The summed E-state index contributed by atoms with van der Waals surface area (Å²) < 4.78 is 5.46. The normalized spacial score (nSPS) is 17.8. The van der Waals surface area contributed by atoms with Crippen LogP contribution in [-0.2, 0) is 9.53 Å². The molecule has 7 nitrogen and oxygen atoms in total. The summed E-state index contributed by atoms with van der Waals surface area (Å²) in [6.07, 6.45) is 0. The molecule has 0 bridgehead atoms. The van der Waals surface area contributed by atoms with E-state index in [1.807, 2.05) is 0 Å². The molecule has 2 N–H and O–H groups in total. The number of esters is 1.